The molecule has 0 aromatic carbocycles. The number of aliphatic hydroxyl groups is 8. The van der Waals surface area contributed by atoms with Crippen LogP contribution in [0, 0.1) is 0 Å². The van der Waals surface area contributed by atoms with Crippen molar-refractivity contribution in [1.82, 2.24) is 0 Å². The molecule has 0 spiro atoms. The van der Waals surface area contributed by atoms with Gasteiger partial charge in [0.05, 0.1) is 52.4 Å². The van der Waals surface area contributed by atoms with Crippen molar-refractivity contribution >= 4 is 0 Å². The lowest BCUT2D eigenvalue weighted by Crippen LogP contribution is -2.19. The number of rotatable bonds is 12. The molecule has 1 atom stereocenters. The highest BCUT2D eigenvalue weighted by Crippen LogP contribution is 2.08. The maximum absolute atomic E-state index is 9.10. The molecule has 26 heavy (non-hydrogen) atoms. The van der Waals surface area contributed by atoms with E-state index in [0.29, 0.717) is 19.6 Å². The predicted octanol–water partition coefficient (Wildman–Crippen LogP) is -2.18. The van der Waals surface area contributed by atoms with Gasteiger partial charge in [0, 0.05) is 13.2 Å². The number of hydrogen-bond acceptors (Lipinski definition) is 10. The first-order valence-electron chi connectivity index (χ1n) is 8.66. The molecule has 10 nitrogen and oxygen atoms in total. The van der Waals surface area contributed by atoms with E-state index >= 15 is 0 Å². The Labute approximate surface area is 156 Å². The molecule has 0 saturated heterocycles. The minimum atomic E-state index is -0.612. The van der Waals surface area contributed by atoms with E-state index < -0.39 is 6.10 Å². The Hall–Kier alpha value is -0.400. The highest BCUT2D eigenvalue weighted by atomic mass is 16.7. The average Bonchev–Trinajstić information content (AvgIpc) is 2.68. The van der Waals surface area contributed by atoms with E-state index in [2.05, 4.69) is 0 Å². The molecule has 0 fully saturated rings. The van der Waals surface area contributed by atoms with Crippen LogP contribution in [0.4, 0.5) is 0 Å². The first kappa shape index (κ1) is 33.2. The molecule has 0 aliphatic heterocycles. The molecule has 1 unspecified atom stereocenters. The van der Waals surface area contributed by atoms with Crippen molar-refractivity contribution in [2.75, 3.05) is 59.5 Å². The van der Waals surface area contributed by atoms with Gasteiger partial charge in [-0.05, 0) is 33.1 Å². The summed E-state index contributed by atoms with van der Waals surface area (Å²) >= 11 is 0. The third-order valence-corrected chi connectivity index (χ3v) is 2.19. The quantitative estimate of drug-likeness (QED) is 0.170. The van der Waals surface area contributed by atoms with Crippen LogP contribution >= 0.6 is 0 Å². The molecule has 0 aliphatic rings. The maximum atomic E-state index is 9.10. The normalized spacial score (nSPS) is 10.7. The fraction of sp³-hybridized carbons (Fsp3) is 1.00. The molecule has 0 bridgehead atoms. The third kappa shape index (κ3) is 43.7. The van der Waals surface area contributed by atoms with Gasteiger partial charge in [-0.2, -0.15) is 0 Å². The zero-order chi connectivity index (χ0) is 21.1. The van der Waals surface area contributed by atoms with Crippen LogP contribution in [0.5, 0.6) is 0 Å². The lowest BCUT2D eigenvalue weighted by Gasteiger charge is -2.17. The summed E-state index contributed by atoms with van der Waals surface area (Å²) in [5.41, 5.74) is 0. The summed E-state index contributed by atoms with van der Waals surface area (Å²) in [6, 6.07) is 0. The van der Waals surface area contributed by atoms with Crippen LogP contribution in [0.15, 0.2) is 0 Å². The number of ether oxygens (including phenoxy) is 2. The fourth-order valence-electron chi connectivity index (χ4n) is 1.20. The molecular weight excluding hydrogens is 352 g/mol. The Morgan fingerprint density at radius 3 is 1.19 bits per heavy atom. The highest BCUT2D eigenvalue weighted by molar-refractivity contribution is 4.54. The minimum absolute atomic E-state index is 0.125. The molecule has 0 radical (unpaired) electrons. The van der Waals surface area contributed by atoms with Crippen LogP contribution in [0.25, 0.3) is 0 Å². The molecule has 164 valence electrons. The zero-order valence-electron chi connectivity index (χ0n) is 16.0. The van der Waals surface area contributed by atoms with Gasteiger partial charge < -0.3 is 50.3 Å². The Morgan fingerprint density at radius 1 is 0.615 bits per heavy atom. The van der Waals surface area contributed by atoms with Crippen molar-refractivity contribution in [1.29, 1.82) is 0 Å². The Kier molecular flexibility index (Phi) is 45.5. The van der Waals surface area contributed by atoms with Gasteiger partial charge in [-0.3, -0.25) is 0 Å². The molecule has 0 saturated carbocycles. The van der Waals surface area contributed by atoms with E-state index in [1.807, 2.05) is 13.8 Å². The van der Waals surface area contributed by atoms with Crippen LogP contribution in [-0.4, -0.2) is 113 Å². The minimum Gasteiger partial charge on any atom is -0.394 e. The van der Waals surface area contributed by atoms with Crippen LogP contribution < -0.4 is 0 Å². The lowest BCUT2D eigenvalue weighted by atomic mass is 10.1. The van der Waals surface area contributed by atoms with Crippen molar-refractivity contribution in [3.63, 3.8) is 0 Å². The molecule has 0 heterocycles. The van der Waals surface area contributed by atoms with Crippen molar-refractivity contribution < 1.29 is 50.3 Å². The molecule has 0 rings (SSSR count). The Balaban J connectivity index is -0.000000164. The second-order valence-electron chi connectivity index (χ2n) is 4.45. The smallest absolute Gasteiger partial charge is 0.157 e. The van der Waals surface area contributed by atoms with E-state index in [4.69, 9.17) is 50.3 Å². The van der Waals surface area contributed by atoms with Gasteiger partial charge in [0.2, 0.25) is 0 Å². The first-order valence-corrected chi connectivity index (χ1v) is 8.66. The van der Waals surface area contributed by atoms with Gasteiger partial charge in [0.1, 0.15) is 0 Å². The number of aliphatic hydroxyl groups excluding tert-OH is 8. The van der Waals surface area contributed by atoms with E-state index in [9.17, 15) is 0 Å². The highest BCUT2D eigenvalue weighted by Gasteiger charge is 2.09. The third-order valence-electron chi connectivity index (χ3n) is 2.19. The van der Waals surface area contributed by atoms with Crippen molar-refractivity contribution in [2.45, 2.75) is 45.5 Å². The van der Waals surface area contributed by atoms with E-state index in [0.717, 1.165) is 12.8 Å². The zero-order valence-corrected chi connectivity index (χ0v) is 16.0. The molecule has 0 aromatic rings. The molecule has 0 aliphatic carbocycles. The van der Waals surface area contributed by atoms with Crippen LogP contribution in [0.1, 0.15) is 33.1 Å². The van der Waals surface area contributed by atoms with Crippen LogP contribution in [0.2, 0.25) is 0 Å². The molecule has 0 aromatic heterocycles. The van der Waals surface area contributed by atoms with Gasteiger partial charge in [-0.25, -0.2) is 0 Å². The summed E-state index contributed by atoms with van der Waals surface area (Å²) in [6.45, 7) is 4.19. The van der Waals surface area contributed by atoms with Gasteiger partial charge >= 0.3 is 0 Å². The van der Waals surface area contributed by atoms with Crippen molar-refractivity contribution in [3.05, 3.63) is 0 Å². The van der Waals surface area contributed by atoms with Gasteiger partial charge in [0.25, 0.3) is 0 Å². The van der Waals surface area contributed by atoms with Crippen LogP contribution in [-0.2, 0) is 9.47 Å². The summed E-state index contributed by atoms with van der Waals surface area (Å²) in [7, 11) is 0. The average molecular weight is 392 g/mol. The Morgan fingerprint density at radius 2 is 0.962 bits per heavy atom. The maximum Gasteiger partial charge on any atom is 0.157 e. The standard InChI is InChI=1S/C10H22O4.3C2H6O2/c1-3-13-10(14-4-2)7-5-6-9(12)8-11;3*3-1-2-4/h9-12H,3-8H2,1-2H3;3*3-4H,1-2H2. The molecule has 10 heteroatoms. The summed E-state index contributed by atoms with van der Waals surface area (Å²) < 4.78 is 10.7. The van der Waals surface area contributed by atoms with Gasteiger partial charge in [0.15, 0.2) is 6.29 Å². The van der Waals surface area contributed by atoms with E-state index in [-0.39, 0.29) is 52.5 Å². The summed E-state index contributed by atoms with van der Waals surface area (Å²) in [5.74, 6) is 0. The molecule has 8 N–H and O–H groups in total. The van der Waals surface area contributed by atoms with Crippen LogP contribution in [0.3, 0.4) is 0 Å². The predicted molar refractivity (Wildman–Crippen MR) is 96.5 cm³/mol. The summed E-state index contributed by atoms with van der Waals surface area (Å²) in [6.07, 6.45) is 1.37. The first-order chi connectivity index (χ1) is 12.5. The fourth-order valence-corrected chi connectivity index (χ4v) is 1.20. The number of hydrogen-bond donors (Lipinski definition) is 8. The van der Waals surface area contributed by atoms with Crippen molar-refractivity contribution in [3.8, 4) is 0 Å². The summed E-state index contributed by atoms with van der Waals surface area (Å²) in [4.78, 5) is 0. The van der Waals surface area contributed by atoms with Gasteiger partial charge in [-0.15, -0.1) is 0 Å². The van der Waals surface area contributed by atoms with Crippen molar-refractivity contribution in [2.24, 2.45) is 0 Å². The SMILES string of the molecule is CCOC(CCCC(O)CO)OCC.OCCO.OCCO.OCCO. The largest absolute Gasteiger partial charge is 0.394 e. The monoisotopic (exact) mass is 392 g/mol. The molecule has 0 amide bonds. The molecular formula is C16H40O10. The van der Waals surface area contributed by atoms with E-state index in [1.54, 1.807) is 0 Å². The second-order valence-corrected chi connectivity index (χ2v) is 4.45. The second kappa shape index (κ2) is 35.7. The topological polar surface area (TPSA) is 180 Å². The van der Waals surface area contributed by atoms with Gasteiger partial charge in [-0.1, -0.05) is 0 Å². The summed E-state index contributed by atoms with van der Waals surface area (Å²) in [5, 5.41) is 63.4. The lowest BCUT2D eigenvalue weighted by molar-refractivity contribution is -0.140. The Bertz CT molecular complexity index is 176. The van der Waals surface area contributed by atoms with E-state index in [1.165, 1.54) is 0 Å².